The van der Waals surface area contributed by atoms with Crippen molar-refractivity contribution in [2.24, 2.45) is 0 Å². The zero-order valence-electron chi connectivity index (χ0n) is 9.28. The van der Waals surface area contributed by atoms with Crippen molar-refractivity contribution in [1.29, 1.82) is 0 Å². The molecule has 1 unspecified atom stereocenters. The molecule has 0 bridgehead atoms. The highest BCUT2D eigenvalue weighted by molar-refractivity contribution is 9.10. The third kappa shape index (κ3) is 2.82. The Kier molecular flexibility index (Phi) is 4.22. The molecule has 1 aromatic carbocycles. The number of hydrogen-bond acceptors (Lipinski definition) is 2. The van der Waals surface area contributed by atoms with Gasteiger partial charge in [0.2, 0.25) is 0 Å². The maximum absolute atomic E-state index is 13.6. The summed E-state index contributed by atoms with van der Waals surface area (Å²) < 4.78 is 13.8. The van der Waals surface area contributed by atoms with Gasteiger partial charge >= 0.3 is 5.97 Å². The largest absolute Gasteiger partial charge is 0.480 e. The molecule has 0 fully saturated rings. The van der Waals surface area contributed by atoms with Crippen molar-refractivity contribution in [1.82, 2.24) is 4.90 Å². The van der Waals surface area contributed by atoms with E-state index in [4.69, 9.17) is 5.11 Å². The fourth-order valence-electron chi connectivity index (χ4n) is 1.20. The van der Waals surface area contributed by atoms with Gasteiger partial charge in [-0.05, 0) is 35.0 Å². The number of carboxylic acid groups (broad SMARTS) is 1. The zero-order chi connectivity index (χ0) is 13.2. The van der Waals surface area contributed by atoms with Crippen molar-refractivity contribution in [3.63, 3.8) is 0 Å². The summed E-state index contributed by atoms with van der Waals surface area (Å²) in [5, 5.41) is 8.78. The van der Waals surface area contributed by atoms with E-state index in [1.54, 1.807) is 0 Å². The van der Waals surface area contributed by atoms with Gasteiger partial charge in [0.1, 0.15) is 11.9 Å². The highest BCUT2D eigenvalue weighted by Gasteiger charge is 2.25. The number of benzene rings is 1. The van der Waals surface area contributed by atoms with Crippen LogP contribution in [-0.2, 0) is 4.79 Å². The van der Waals surface area contributed by atoms with E-state index in [0.29, 0.717) is 0 Å². The summed E-state index contributed by atoms with van der Waals surface area (Å²) >= 11 is 2.97. The summed E-state index contributed by atoms with van der Waals surface area (Å²) in [6.45, 7) is 1.36. The molecule has 4 nitrogen and oxygen atoms in total. The monoisotopic (exact) mass is 303 g/mol. The van der Waals surface area contributed by atoms with Crippen molar-refractivity contribution in [2.45, 2.75) is 13.0 Å². The summed E-state index contributed by atoms with van der Waals surface area (Å²) in [6.07, 6.45) is 0. The van der Waals surface area contributed by atoms with Crippen LogP contribution in [0.5, 0.6) is 0 Å². The molecule has 6 heteroatoms. The minimum atomic E-state index is -1.14. The minimum Gasteiger partial charge on any atom is -0.480 e. The fourth-order valence-corrected chi connectivity index (χ4v) is 1.57. The van der Waals surface area contributed by atoms with Gasteiger partial charge in [0, 0.05) is 7.05 Å². The van der Waals surface area contributed by atoms with E-state index in [-0.39, 0.29) is 10.0 Å². The maximum atomic E-state index is 13.6. The van der Waals surface area contributed by atoms with Crippen LogP contribution in [0.2, 0.25) is 0 Å². The number of carbonyl (C=O) groups is 2. The Bertz CT molecular complexity index is 464. The van der Waals surface area contributed by atoms with Gasteiger partial charge in [-0.2, -0.15) is 0 Å². The predicted molar refractivity (Wildman–Crippen MR) is 63.3 cm³/mol. The van der Waals surface area contributed by atoms with E-state index >= 15 is 0 Å². The van der Waals surface area contributed by atoms with Gasteiger partial charge in [0.05, 0.1) is 10.0 Å². The molecule has 0 spiro atoms. The topological polar surface area (TPSA) is 57.6 Å². The average molecular weight is 304 g/mol. The van der Waals surface area contributed by atoms with Gasteiger partial charge < -0.3 is 10.0 Å². The molecular formula is C11H11BrFNO3. The fraction of sp³-hybridized carbons (Fsp3) is 0.273. The Morgan fingerprint density at radius 3 is 2.59 bits per heavy atom. The number of rotatable bonds is 3. The van der Waals surface area contributed by atoms with Crippen LogP contribution in [0.15, 0.2) is 22.7 Å². The van der Waals surface area contributed by atoms with Gasteiger partial charge in [-0.15, -0.1) is 0 Å². The Morgan fingerprint density at radius 1 is 1.47 bits per heavy atom. The number of carboxylic acids is 1. The van der Waals surface area contributed by atoms with Crippen LogP contribution in [-0.4, -0.2) is 35.0 Å². The van der Waals surface area contributed by atoms with E-state index < -0.39 is 23.7 Å². The van der Waals surface area contributed by atoms with Crippen molar-refractivity contribution < 1.29 is 19.1 Å². The summed E-state index contributed by atoms with van der Waals surface area (Å²) in [4.78, 5) is 23.6. The van der Waals surface area contributed by atoms with E-state index in [1.807, 2.05) is 0 Å². The lowest BCUT2D eigenvalue weighted by Gasteiger charge is -2.21. The molecule has 1 aromatic rings. The van der Waals surface area contributed by atoms with Crippen LogP contribution in [0.1, 0.15) is 17.3 Å². The third-order valence-corrected chi connectivity index (χ3v) is 3.05. The summed E-state index contributed by atoms with van der Waals surface area (Å²) in [6, 6.07) is 3.28. The molecule has 1 rings (SSSR count). The highest BCUT2D eigenvalue weighted by Crippen LogP contribution is 2.20. The van der Waals surface area contributed by atoms with E-state index in [1.165, 1.54) is 32.2 Å². The second-order valence-corrected chi connectivity index (χ2v) is 4.39. The SMILES string of the molecule is CC(C(=O)O)N(C)C(=O)c1cccc(Br)c1F. The molecule has 92 valence electrons. The minimum absolute atomic E-state index is 0.157. The molecule has 0 aromatic heterocycles. The van der Waals surface area contributed by atoms with Crippen LogP contribution in [0.25, 0.3) is 0 Å². The molecule has 1 amide bonds. The lowest BCUT2D eigenvalue weighted by Crippen LogP contribution is -2.40. The molecule has 17 heavy (non-hydrogen) atoms. The second kappa shape index (κ2) is 5.27. The molecule has 0 saturated heterocycles. The first-order chi connectivity index (χ1) is 7.86. The Hall–Kier alpha value is -1.43. The first-order valence-corrected chi connectivity index (χ1v) is 5.59. The lowest BCUT2D eigenvalue weighted by atomic mass is 10.1. The van der Waals surface area contributed by atoms with Crippen LogP contribution < -0.4 is 0 Å². The van der Waals surface area contributed by atoms with Gasteiger partial charge in [-0.25, -0.2) is 9.18 Å². The number of aliphatic carboxylic acids is 1. The first-order valence-electron chi connectivity index (χ1n) is 4.80. The van der Waals surface area contributed by atoms with Gasteiger partial charge in [0.15, 0.2) is 0 Å². The van der Waals surface area contributed by atoms with Gasteiger partial charge in [-0.3, -0.25) is 4.79 Å². The molecule has 0 aliphatic carbocycles. The lowest BCUT2D eigenvalue weighted by molar-refractivity contribution is -0.141. The van der Waals surface area contributed by atoms with Crippen molar-refractivity contribution in [2.75, 3.05) is 7.05 Å². The van der Waals surface area contributed by atoms with Crippen LogP contribution in [0, 0.1) is 5.82 Å². The van der Waals surface area contributed by atoms with Crippen molar-refractivity contribution in [3.8, 4) is 0 Å². The first kappa shape index (κ1) is 13.6. The molecular weight excluding hydrogens is 293 g/mol. The van der Waals surface area contributed by atoms with Gasteiger partial charge in [0.25, 0.3) is 5.91 Å². The molecule has 0 aliphatic heterocycles. The van der Waals surface area contributed by atoms with Gasteiger partial charge in [-0.1, -0.05) is 6.07 Å². The van der Waals surface area contributed by atoms with E-state index in [2.05, 4.69) is 15.9 Å². The quantitative estimate of drug-likeness (QED) is 0.930. The van der Waals surface area contributed by atoms with Crippen molar-refractivity contribution >= 4 is 27.8 Å². The Balaban J connectivity index is 3.05. The maximum Gasteiger partial charge on any atom is 0.326 e. The molecule has 0 radical (unpaired) electrons. The summed E-state index contributed by atoms with van der Waals surface area (Å²) in [5.41, 5.74) is -0.157. The van der Waals surface area contributed by atoms with Crippen LogP contribution in [0.3, 0.4) is 0 Å². The predicted octanol–water partition coefficient (Wildman–Crippen LogP) is 2.13. The van der Waals surface area contributed by atoms with Crippen LogP contribution >= 0.6 is 15.9 Å². The number of likely N-dealkylation sites (N-methyl/N-ethyl adjacent to an activating group) is 1. The zero-order valence-corrected chi connectivity index (χ0v) is 10.9. The summed E-state index contributed by atoms with van der Waals surface area (Å²) in [7, 11) is 1.32. The molecule has 1 atom stereocenters. The van der Waals surface area contributed by atoms with E-state index in [9.17, 15) is 14.0 Å². The highest BCUT2D eigenvalue weighted by atomic mass is 79.9. The number of hydrogen-bond donors (Lipinski definition) is 1. The van der Waals surface area contributed by atoms with E-state index in [0.717, 1.165) is 4.90 Å². The average Bonchev–Trinajstić information content (AvgIpc) is 2.29. The number of carbonyl (C=O) groups excluding carboxylic acids is 1. The molecule has 0 saturated carbocycles. The Labute approximate surface area is 106 Å². The van der Waals surface area contributed by atoms with Crippen LogP contribution in [0.4, 0.5) is 4.39 Å². The summed E-state index contributed by atoms with van der Waals surface area (Å²) in [5.74, 6) is -2.50. The number of nitrogens with zero attached hydrogens (tertiary/aromatic N) is 1. The molecule has 0 heterocycles. The normalized spacial score (nSPS) is 12.0. The number of halogens is 2. The molecule has 0 aliphatic rings. The standard InChI is InChI=1S/C11H11BrFNO3/c1-6(11(16)17)14(2)10(15)7-4-3-5-8(12)9(7)13/h3-6H,1-2H3,(H,16,17). The third-order valence-electron chi connectivity index (χ3n) is 2.44. The molecule has 1 N–H and O–H groups in total. The number of amides is 1. The smallest absolute Gasteiger partial charge is 0.326 e. The second-order valence-electron chi connectivity index (χ2n) is 3.53. The Morgan fingerprint density at radius 2 is 2.06 bits per heavy atom. The van der Waals surface area contributed by atoms with Crippen molar-refractivity contribution in [3.05, 3.63) is 34.1 Å².